The normalized spacial score (nSPS) is 11.7. The number of H-pyrrole nitrogens is 2. The molecule has 0 aromatic carbocycles. The highest BCUT2D eigenvalue weighted by atomic mass is 79.9. The zero-order valence-electron chi connectivity index (χ0n) is 13.1. The molecule has 26 heavy (non-hydrogen) atoms. The Labute approximate surface area is 162 Å². The molecule has 0 bridgehead atoms. The Bertz CT molecular complexity index is 1280. The molecule has 5 rings (SSSR count). The number of hydrogen-bond donors (Lipinski definition) is 2. The van der Waals surface area contributed by atoms with Gasteiger partial charge < -0.3 is 4.98 Å². The van der Waals surface area contributed by atoms with Gasteiger partial charge in [0.05, 0.1) is 38.1 Å². The minimum atomic E-state index is -0.179. The van der Waals surface area contributed by atoms with E-state index in [-0.39, 0.29) is 5.56 Å². The van der Waals surface area contributed by atoms with Crippen LogP contribution < -0.4 is 5.56 Å². The Morgan fingerprint density at radius 2 is 2.27 bits per heavy atom. The predicted molar refractivity (Wildman–Crippen MR) is 104 cm³/mol. The van der Waals surface area contributed by atoms with Gasteiger partial charge in [-0.1, -0.05) is 0 Å². The molecule has 0 radical (unpaired) electrons. The smallest absolute Gasteiger partial charge is 0.291 e. The van der Waals surface area contributed by atoms with Gasteiger partial charge in [-0.05, 0) is 22.0 Å². The fourth-order valence-corrected chi connectivity index (χ4v) is 4.82. The molecule has 0 amide bonds. The summed E-state index contributed by atoms with van der Waals surface area (Å²) in [7, 11) is 0. The van der Waals surface area contributed by atoms with E-state index >= 15 is 0 Å². The van der Waals surface area contributed by atoms with Crippen LogP contribution in [0, 0.1) is 0 Å². The molecule has 8 nitrogen and oxygen atoms in total. The van der Waals surface area contributed by atoms with Crippen LogP contribution in [0.1, 0.15) is 16.4 Å². The summed E-state index contributed by atoms with van der Waals surface area (Å²) >= 11 is 6.47. The number of aromatic nitrogens is 7. The van der Waals surface area contributed by atoms with Crippen LogP contribution in [0.5, 0.6) is 0 Å². The molecule has 5 aromatic heterocycles. The highest BCUT2D eigenvalue weighted by molar-refractivity contribution is 9.11. The highest BCUT2D eigenvalue weighted by Gasteiger charge is 2.16. The molecule has 0 saturated carbocycles. The van der Waals surface area contributed by atoms with E-state index in [0.29, 0.717) is 24.1 Å². The van der Waals surface area contributed by atoms with Gasteiger partial charge in [0, 0.05) is 18.0 Å². The van der Waals surface area contributed by atoms with Crippen molar-refractivity contribution >= 4 is 59.9 Å². The second kappa shape index (κ2) is 6.11. The van der Waals surface area contributed by atoms with E-state index in [2.05, 4.69) is 46.2 Å². The summed E-state index contributed by atoms with van der Waals surface area (Å²) in [6, 6.07) is 1.92. The molecular formula is C15H10BrN7OS2. The molecule has 0 saturated heterocycles. The minimum Gasteiger partial charge on any atom is -0.334 e. The molecule has 2 N–H and O–H groups in total. The third-order valence-corrected chi connectivity index (χ3v) is 6.75. The first-order chi connectivity index (χ1) is 12.7. The number of aromatic amines is 2. The molecule has 0 aliphatic rings. The van der Waals surface area contributed by atoms with Crippen molar-refractivity contribution in [2.75, 3.05) is 0 Å². The fourth-order valence-electron chi connectivity index (χ4n) is 2.76. The van der Waals surface area contributed by atoms with Gasteiger partial charge in [0.2, 0.25) is 0 Å². The first-order valence-corrected chi connectivity index (χ1v) is 10.1. The second-order valence-corrected chi connectivity index (χ2v) is 8.88. The van der Waals surface area contributed by atoms with E-state index < -0.39 is 0 Å². The van der Waals surface area contributed by atoms with E-state index in [1.165, 1.54) is 16.0 Å². The molecule has 5 aromatic rings. The Morgan fingerprint density at radius 3 is 3.04 bits per heavy atom. The van der Waals surface area contributed by atoms with Gasteiger partial charge in [0.25, 0.3) is 5.56 Å². The van der Waals surface area contributed by atoms with Crippen LogP contribution in [-0.2, 0) is 13.0 Å². The average molecular weight is 448 g/mol. The molecule has 0 unspecified atom stereocenters. The molecule has 11 heteroatoms. The van der Waals surface area contributed by atoms with Crippen LogP contribution in [0.4, 0.5) is 0 Å². The maximum absolute atomic E-state index is 12.8. The van der Waals surface area contributed by atoms with Crippen LogP contribution in [0.3, 0.4) is 0 Å². The maximum Gasteiger partial charge on any atom is 0.291 e. The zero-order valence-corrected chi connectivity index (χ0v) is 16.3. The van der Waals surface area contributed by atoms with Gasteiger partial charge >= 0.3 is 0 Å². The molecule has 5 heterocycles. The number of rotatable bonds is 4. The van der Waals surface area contributed by atoms with Crippen LogP contribution in [-0.4, -0.2) is 34.9 Å². The lowest BCUT2D eigenvalue weighted by Crippen LogP contribution is -2.23. The Hall–Kier alpha value is -2.37. The van der Waals surface area contributed by atoms with E-state index in [1.54, 1.807) is 29.2 Å². The van der Waals surface area contributed by atoms with Crippen LogP contribution >= 0.6 is 38.6 Å². The zero-order chi connectivity index (χ0) is 17.7. The van der Waals surface area contributed by atoms with Gasteiger partial charge in [0.1, 0.15) is 16.2 Å². The molecule has 0 aliphatic heterocycles. The van der Waals surface area contributed by atoms with E-state index in [9.17, 15) is 4.79 Å². The molecule has 0 atom stereocenters. The van der Waals surface area contributed by atoms with Gasteiger partial charge in [-0.15, -0.1) is 22.7 Å². The Kier molecular flexibility index (Phi) is 3.72. The predicted octanol–water partition coefficient (Wildman–Crippen LogP) is 2.92. The molecule has 0 spiro atoms. The summed E-state index contributed by atoms with van der Waals surface area (Å²) in [5.41, 5.74) is 4.50. The van der Waals surface area contributed by atoms with Gasteiger partial charge in [-0.2, -0.15) is 10.2 Å². The molecule has 0 aliphatic carbocycles. The number of nitrogens with one attached hydrogen (secondary N) is 2. The monoisotopic (exact) mass is 447 g/mol. The van der Waals surface area contributed by atoms with Gasteiger partial charge in [-0.25, -0.2) is 14.6 Å². The van der Waals surface area contributed by atoms with Crippen molar-refractivity contribution in [2.45, 2.75) is 13.0 Å². The quantitative estimate of drug-likeness (QED) is 0.440. The summed E-state index contributed by atoms with van der Waals surface area (Å²) in [4.78, 5) is 24.8. The lowest BCUT2D eigenvalue weighted by molar-refractivity contribution is 0.636. The maximum atomic E-state index is 12.8. The number of nitrogens with zero attached hydrogens (tertiary/aromatic N) is 5. The topological polar surface area (TPSA) is 105 Å². The van der Waals surface area contributed by atoms with Crippen molar-refractivity contribution in [3.63, 3.8) is 0 Å². The van der Waals surface area contributed by atoms with Crippen LogP contribution in [0.2, 0.25) is 0 Å². The first-order valence-electron chi connectivity index (χ1n) is 7.63. The summed E-state index contributed by atoms with van der Waals surface area (Å²) in [5.74, 6) is 0. The van der Waals surface area contributed by atoms with Crippen LogP contribution in [0.25, 0.3) is 21.3 Å². The molecule has 130 valence electrons. The highest BCUT2D eigenvalue weighted by Crippen LogP contribution is 2.29. The van der Waals surface area contributed by atoms with E-state index in [0.717, 1.165) is 30.3 Å². The first kappa shape index (κ1) is 15.9. The van der Waals surface area contributed by atoms with Gasteiger partial charge in [0.15, 0.2) is 0 Å². The number of thiazole rings is 2. The van der Waals surface area contributed by atoms with Crippen molar-refractivity contribution in [1.82, 2.24) is 34.9 Å². The van der Waals surface area contributed by atoms with E-state index in [4.69, 9.17) is 0 Å². The minimum absolute atomic E-state index is 0.179. The summed E-state index contributed by atoms with van der Waals surface area (Å²) in [6.45, 7) is 0.323. The van der Waals surface area contributed by atoms with Gasteiger partial charge in [-0.3, -0.25) is 9.89 Å². The van der Waals surface area contributed by atoms with Crippen LogP contribution in [0.15, 0.2) is 32.6 Å². The third kappa shape index (κ3) is 2.59. The molecular weight excluding hydrogens is 438 g/mol. The summed E-state index contributed by atoms with van der Waals surface area (Å²) in [6.07, 6.45) is 4.16. The average Bonchev–Trinajstić information content (AvgIpc) is 3.37. The van der Waals surface area contributed by atoms with E-state index in [1.807, 2.05) is 6.07 Å². The largest absolute Gasteiger partial charge is 0.334 e. The summed E-state index contributed by atoms with van der Waals surface area (Å²) in [5, 5.41) is 13.0. The Balaban J connectivity index is 1.56. The van der Waals surface area contributed by atoms with Crippen molar-refractivity contribution in [1.29, 1.82) is 0 Å². The third-order valence-electron chi connectivity index (χ3n) is 3.99. The summed E-state index contributed by atoms with van der Waals surface area (Å²) < 4.78 is 3.26. The molecule has 0 fully saturated rings. The number of hydrogen-bond acceptors (Lipinski definition) is 7. The number of fused-ring (bicyclic) bond motifs is 3. The number of halogens is 1. The standard InChI is InChI=1S/C15H10BrN7OS2/c16-13-9(17-6-25-13)5-23-15(24)11-8(4-19-23)12-14(21-11)20-10(26-12)3-7-1-2-18-22-7/h1-2,4,6,21H,3,5H2,(H,18,22). The Morgan fingerprint density at radius 1 is 1.35 bits per heavy atom. The fraction of sp³-hybridized carbons (Fsp3) is 0.133. The van der Waals surface area contributed by atoms with Crippen molar-refractivity contribution in [2.24, 2.45) is 0 Å². The SMILES string of the molecule is O=c1c2[nH]c3nc(Cc4cc[nH]n4)sc3c2cnn1Cc1ncsc1Br. The van der Waals surface area contributed by atoms with Crippen molar-refractivity contribution in [3.8, 4) is 0 Å². The lowest BCUT2D eigenvalue weighted by atomic mass is 10.3. The lowest BCUT2D eigenvalue weighted by Gasteiger charge is -2.02. The van der Waals surface area contributed by atoms with Crippen molar-refractivity contribution < 1.29 is 0 Å². The van der Waals surface area contributed by atoms with Crippen molar-refractivity contribution in [3.05, 3.63) is 54.5 Å². The second-order valence-electron chi connectivity index (χ2n) is 5.62.